The van der Waals surface area contributed by atoms with Gasteiger partial charge in [-0.2, -0.15) is 0 Å². The molecule has 2 rings (SSSR count). The summed E-state index contributed by atoms with van der Waals surface area (Å²) in [6, 6.07) is 9.79. The summed E-state index contributed by atoms with van der Waals surface area (Å²) in [5, 5.41) is 2.87. The van der Waals surface area contributed by atoms with E-state index in [1.807, 2.05) is 0 Å². The molecule has 20 heavy (non-hydrogen) atoms. The van der Waals surface area contributed by atoms with Gasteiger partial charge in [0.25, 0.3) is 0 Å². The van der Waals surface area contributed by atoms with Crippen LogP contribution < -0.4 is 10.1 Å². The molecule has 5 heteroatoms. The Balaban J connectivity index is 2.28. The number of nitrogens with one attached hydrogen (secondary N) is 1. The zero-order valence-corrected chi connectivity index (χ0v) is 12.1. The highest BCUT2D eigenvalue weighted by molar-refractivity contribution is 7.99. The predicted molar refractivity (Wildman–Crippen MR) is 76.2 cm³/mol. The number of benzene rings is 2. The molecule has 0 aliphatic carbocycles. The van der Waals surface area contributed by atoms with E-state index in [0.29, 0.717) is 17.9 Å². The van der Waals surface area contributed by atoms with E-state index in [9.17, 15) is 8.78 Å². The molecule has 0 aromatic heterocycles. The smallest absolute Gasteiger partial charge is 0.140 e. The number of halogens is 2. The zero-order valence-electron chi connectivity index (χ0n) is 11.2. The quantitative estimate of drug-likeness (QED) is 0.905. The molecule has 0 unspecified atom stereocenters. The van der Waals surface area contributed by atoms with E-state index in [1.165, 1.54) is 12.1 Å². The summed E-state index contributed by atoms with van der Waals surface area (Å²) >= 11 is 1.05. The van der Waals surface area contributed by atoms with Crippen LogP contribution in [-0.4, -0.2) is 14.2 Å². The van der Waals surface area contributed by atoms with E-state index in [0.717, 1.165) is 16.7 Å². The SMILES string of the molecule is CNCc1cc(F)c(Sc2cccc(OC)c2)c(F)c1. The molecule has 106 valence electrons. The first kappa shape index (κ1) is 14.8. The highest BCUT2D eigenvalue weighted by Gasteiger charge is 2.13. The lowest BCUT2D eigenvalue weighted by molar-refractivity contribution is 0.413. The summed E-state index contributed by atoms with van der Waals surface area (Å²) in [7, 11) is 3.28. The highest BCUT2D eigenvalue weighted by Crippen LogP contribution is 2.34. The monoisotopic (exact) mass is 295 g/mol. The first-order valence-corrected chi connectivity index (χ1v) is 6.90. The Hall–Kier alpha value is -1.59. The van der Waals surface area contributed by atoms with Crippen molar-refractivity contribution in [1.29, 1.82) is 0 Å². The normalized spacial score (nSPS) is 10.6. The molecule has 0 amide bonds. The molecular formula is C15H15F2NOS. The minimum absolute atomic E-state index is 0.00175. The molecule has 0 heterocycles. The summed E-state index contributed by atoms with van der Waals surface area (Å²) in [5.41, 5.74) is 0.581. The summed E-state index contributed by atoms with van der Waals surface area (Å²) in [6.45, 7) is 0.429. The van der Waals surface area contributed by atoms with Gasteiger partial charge in [-0.3, -0.25) is 0 Å². The van der Waals surface area contributed by atoms with Gasteiger partial charge in [0.1, 0.15) is 17.4 Å². The highest BCUT2D eigenvalue weighted by atomic mass is 32.2. The minimum Gasteiger partial charge on any atom is -0.497 e. The van der Waals surface area contributed by atoms with Crippen LogP contribution in [0.15, 0.2) is 46.2 Å². The molecule has 0 bridgehead atoms. The topological polar surface area (TPSA) is 21.3 Å². The first-order chi connectivity index (χ1) is 9.63. The Labute approximate surface area is 121 Å². The largest absolute Gasteiger partial charge is 0.497 e. The van der Waals surface area contributed by atoms with Gasteiger partial charge in [-0.15, -0.1) is 0 Å². The molecular weight excluding hydrogens is 280 g/mol. The molecule has 0 radical (unpaired) electrons. The molecule has 0 fully saturated rings. The van der Waals surface area contributed by atoms with Gasteiger partial charge in [0.2, 0.25) is 0 Å². The van der Waals surface area contributed by atoms with Crippen LogP contribution >= 0.6 is 11.8 Å². The molecule has 0 atom stereocenters. The maximum absolute atomic E-state index is 14.0. The van der Waals surface area contributed by atoms with Crippen LogP contribution in [0.3, 0.4) is 0 Å². The third-order valence-electron chi connectivity index (χ3n) is 2.70. The lowest BCUT2D eigenvalue weighted by Crippen LogP contribution is -2.06. The summed E-state index contributed by atoms with van der Waals surface area (Å²) in [5.74, 6) is -0.450. The molecule has 0 saturated heterocycles. The van der Waals surface area contributed by atoms with E-state index in [-0.39, 0.29) is 4.90 Å². The van der Waals surface area contributed by atoms with Crippen LogP contribution in [0.1, 0.15) is 5.56 Å². The number of ether oxygens (including phenoxy) is 1. The number of hydrogen-bond acceptors (Lipinski definition) is 3. The molecule has 2 aromatic carbocycles. The summed E-state index contributed by atoms with van der Waals surface area (Å²) in [4.78, 5) is 0.724. The van der Waals surface area contributed by atoms with Crippen molar-refractivity contribution < 1.29 is 13.5 Å². The molecule has 2 nitrogen and oxygen atoms in total. The standard InChI is InChI=1S/C15H15F2NOS/c1-18-9-10-6-13(16)15(14(17)7-10)20-12-5-3-4-11(8-12)19-2/h3-8,18H,9H2,1-2H3. The third kappa shape index (κ3) is 3.49. The van der Waals surface area contributed by atoms with E-state index in [4.69, 9.17) is 4.74 Å². The van der Waals surface area contributed by atoms with Crippen molar-refractivity contribution in [1.82, 2.24) is 5.32 Å². The Bertz CT molecular complexity index is 581. The molecule has 0 aliphatic rings. The molecule has 1 N–H and O–H groups in total. The van der Waals surface area contributed by atoms with Gasteiger partial charge in [-0.1, -0.05) is 17.8 Å². The van der Waals surface area contributed by atoms with Crippen molar-refractivity contribution in [2.75, 3.05) is 14.2 Å². The van der Waals surface area contributed by atoms with Gasteiger partial charge in [0.15, 0.2) is 0 Å². The summed E-state index contributed by atoms with van der Waals surface area (Å²) < 4.78 is 33.1. The third-order valence-corrected chi connectivity index (χ3v) is 3.78. The number of rotatable bonds is 5. The van der Waals surface area contributed by atoms with Crippen molar-refractivity contribution >= 4 is 11.8 Å². The molecule has 0 saturated carbocycles. The lowest BCUT2D eigenvalue weighted by atomic mass is 10.2. The van der Waals surface area contributed by atoms with Gasteiger partial charge in [0, 0.05) is 11.4 Å². The van der Waals surface area contributed by atoms with Gasteiger partial charge in [-0.25, -0.2) is 8.78 Å². The fraction of sp³-hybridized carbons (Fsp3) is 0.200. The number of methoxy groups -OCH3 is 1. The second kappa shape index (κ2) is 6.72. The van der Waals surface area contributed by atoms with Crippen molar-refractivity contribution in [3.63, 3.8) is 0 Å². The van der Waals surface area contributed by atoms with Crippen molar-refractivity contribution in [3.05, 3.63) is 53.6 Å². The van der Waals surface area contributed by atoms with E-state index in [2.05, 4.69) is 5.32 Å². The van der Waals surface area contributed by atoms with Crippen LogP contribution in [0.5, 0.6) is 5.75 Å². The van der Waals surface area contributed by atoms with Crippen LogP contribution in [0, 0.1) is 11.6 Å². The van der Waals surface area contributed by atoms with E-state index in [1.54, 1.807) is 38.4 Å². The maximum atomic E-state index is 14.0. The fourth-order valence-electron chi connectivity index (χ4n) is 1.80. The lowest BCUT2D eigenvalue weighted by Gasteiger charge is -2.08. The van der Waals surface area contributed by atoms with E-state index >= 15 is 0 Å². The Morgan fingerprint density at radius 3 is 2.45 bits per heavy atom. The van der Waals surface area contributed by atoms with E-state index < -0.39 is 11.6 Å². The van der Waals surface area contributed by atoms with Crippen LogP contribution in [-0.2, 0) is 6.54 Å². The average molecular weight is 295 g/mol. The van der Waals surface area contributed by atoms with Crippen molar-refractivity contribution in [2.45, 2.75) is 16.3 Å². The predicted octanol–water partition coefficient (Wildman–Crippen LogP) is 3.84. The van der Waals surface area contributed by atoms with Gasteiger partial charge in [0.05, 0.1) is 12.0 Å². The van der Waals surface area contributed by atoms with Crippen molar-refractivity contribution in [2.24, 2.45) is 0 Å². The Morgan fingerprint density at radius 2 is 1.85 bits per heavy atom. The molecule has 0 aliphatic heterocycles. The first-order valence-electron chi connectivity index (χ1n) is 6.08. The Morgan fingerprint density at radius 1 is 1.15 bits per heavy atom. The Kier molecular flexibility index (Phi) is 4.98. The average Bonchev–Trinajstić information content (AvgIpc) is 2.43. The zero-order chi connectivity index (χ0) is 14.5. The summed E-state index contributed by atoms with van der Waals surface area (Å²) in [6.07, 6.45) is 0. The second-order valence-electron chi connectivity index (χ2n) is 4.20. The molecule has 2 aromatic rings. The van der Waals surface area contributed by atoms with Crippen LogP contribution in [0.4, 0.5) is 8.78 Å². The number of hydrogen-bond donors (Lipinski definition) is 1. The van der Waals surface area contributed by atoms with Crippen LogP contribution in [0.25, 0.3) is 0 Å². The van der Waals surface area contributed by atoms with Crippen LogP contribution in [0.2, 0.25) is 0 Å². The molecule has 0 spiro atoms. The fourth-order valence-corrected chi connectivity index (χ4v) is 2.67. The van der Waals surface area contributed by atoms with Gasteiger partial charge in [-0.05, 0) is 42.9 Å². The maximum Gasteiger partial charge on any atom is 0.140 e. The van der Waals surface area contributed by atoms with Crippen molar-refractivity contribution in [3.8, 4) is 5.75 Å². The second-order valence-corrected chi connectivity index (χ2v) is 5.28. The van der Waals surface area contributed by atoms with Gasteiger partial charge < -0.3 is 10.1 Å². The van der Waals surface area contributed by atoms with Gasteiger partial charge >= 0.3 is 0 Å². The minimum atomic E-state index is -0.553.